The Morgan fingerprint density at radius 3 is 2.06 bits per heavy atom. The predicted molar refractivity (Wildman–Crippen MR) is 62.2 cm³/mol. The van der Waals surface area contributed by atoms with E-state index in [2.05, 4.69) is 12.2 Å². The Bertz CT molecular complexity index is 294. The lowest BCUT2D eigenvalue weighted by molar-refractivity contribution is -0.161. The van der Waals surface area contributed by atoms with Crippen molar-refractivity contribution in [2.45, 2.75) is 26.1 Å². The van der Waals surface area contributed by atoms with E-state index in [1.54, 1.807) is 13.8 Å². The first-order valence-electron chi connectivity index (χ1n) is 4.94. The van der Waals surface area contributed by atoms with Gasteiger partial charge in [0.2, 0.25) is 5.91 Å². The molecule has 1 atom stereocenters. The van der Waals surface area contributed by atoms with Crippen LogP contribution in [-0.4, -0.2) is 41.1 Å². The topological polar surface area (TPSA) is 72.3 Å². The summed E-state index contributed by atoms with van der Waals surface area (Å²) in [5, 5.41) is 0. The molecular formula is C9H16F3N3OS. The Morgan fingerprint density at radius 1 is 1.35 bits per heavy atom. The lowest BCUT2D eigenvalue weighted by Crippen LogP contribution is -2.48. The van der Waals surface area contributed by atoms with Crippen LogP contribution < -0.4 is 11.5 Å². The summed E-state index contributed by atoms with van der Waals surface area (Å²) in [5.41, 5.74) is 10.0. The highest BCUT2D eigenvalue weighted by Gasteiger charge is 2.42. The molecule has 0 aromatic rings. The molecule has 0 saturated heterocycles. The van der Waals surface area contributed by atoms with E-state index < -0.39 is 29.5 Å². The maximum atomic E-state index is 12.6. The van der Waals surface area contributed by atoms with Gasteiger partial charge in [-0.15, -0.1) is 0 Å². The molecule has 0 aliphatic heterocycles. The number of carbonyl (C=O) groups is 1. The quantitative estimate of drug-likeness (QED) is 0.696. The third-order valence-electron chi connectivity index (χ3n) is 2.24. The summed E-state index contributed by atoms with van der Waals surface area (Å²) >= 11 is 4.40. The molecule has 0 rings (SSSR count). The standard InChI is InChI=1S/C9H16F3N3OS/c1-5(2)15(4-7(13)16)3-6(8(14)17)9(10,11)12/h5-6H,3-4H2,1-2H3,(H2,13,16)(H2,14,17). The zero-order chi connectivity index (χ0) is 13.8. The van der Waals surface area contributed by atoms with E-state index in [1.165, 1.54) is 4.90 Å². The fourth-order valence-corrected chi connectivity index (χ4v) is 1.46. The first-order valence-corrected chi connectivity index (χ1v) is 5.35. The SMILES string of the molecule is CC(C)N(CC(N)=O)CC(C(N)=S)C(F)(F)F. The molecule has 0 saturated carbocycles. The molecule has 0 heterocycles. The third-order valence-corrected chi connectivity index (χ3v) is 2.53. The molecule has 0 bridgehead atoms. The number of alkyl halides is 3. The van der Waals surface area contributed by atoms with Gasteiger partial charge < -0.3 is 11.5 Å². The number of primary amides is 1. The van der Waals surface area contributed by atoms with E-state index in [-0.39, 0.29) is 12.6 Å². The van der Waals surface area contributed by atoms with Crippen molar-refractivity contribution < 1.29 is 18.0 Å². The molecule has 4 nitrogen and oxygen atoms in total. The number of hydrogen-bond donors (Lipinski definition) is 2. The second kappa shape index (κ2) is 6.15. The zero-order valence-corrected chi connectivity index (χ0v) is 10.4. The van der Waals surface area contributed by atoms with E-state index in [1.807, 2.05) is 0 Å². The van der Waals surface area contributed by atoms with Gasteiger partial charge in [-0.1, -0.05) is 12.2 Å². The average molecular weight is 271 g/mol. The van der Waals surface area contributed by atoms with Crippen LogP contribution >= 0.6 is 12.2 Å². The van der Waals surface area contributed by atoms with E-state index in [0.29, 0.717) is 0 Å². The molecule has 0 aliphatic rings. The van der Waals surface area contributed by atoms with Crippen molar-refractivity contribution in [2.75, 3.05) is 13.1 Å². The van der Waals surface area contributed by atoms with Gasteiger partial charge in [0.15, 0.2) is 0 Å². The van der Waals surface area contributed by atoms with Crippen molar-refractivity contribution in [3.63, 3.8) is 0 Å². The second-order valence-electron chi connectivity index (χ2n) is 3.99. The largest absolute Gasteiger partial charge is 0.399 e. The molecule has 4 N–H and O–H groups in total. The van der Waals surface area contributed by atoms with Gasteiger partial charge in [-0.2, -0.15) is 13.2 Å². The molecule has 0 radical (unpaired) electrons. The summed E-state index contributed by atoms with van der Waals surface area (Å²) in [5.74, 6) is -2.62. The Hall–Kier alpha value is -0.890. The molecule has 17 heavy (non-hydrogen) atoms. The van der Waals surface area contributed by atoms with Gasteiger partial charge in [0, 0.05) is 12.6 Å². The van der Waals surface area contributed by atoms with E-state index >= 15 is 0 Å². The maximum absolute atomic E-state index is 12.6. The normalized spacial score (nSPS) is 14.1. The Labute approximate surface area is 103 Å². The summed E-state index contributed by atoms with van der Waals surface area (Å²) in [4.78, 5) is 11.4. The van der Waals surface area contributed by atoms with Gasteiger partial charge in [-0.05, 0) is 13.8 Å². The predicted octanol–water partition coefficient (Wildman–Crippen LogP) is 0.647. The van der Waals surface area contributed by atoms with Crippen LogP contribution in [0.15, 0.2) is 0 Å². The van der Waals surface area contributed by atoms with Gasteiger partial charge in [0.05, 0.1) is 11.5 Å². The number of carbonyl (C=O) groups excluding carboxylic acids is 1. The number of thiocarbonyl (C=S) groups is 1. The van der Waals surface area contributed by atoms with Gasteiger partial charge in [-0.25, -0.2) is 0 Å². The number of rotatable bonds is 6. The molecule has 0 spiro atoms. The highest BCUT2D eigenvalue weighted by molar-refractivity contribution is 7.80. The van der Waals surface area contributed by atoms with Crippen molar-refractivity contribution >= 4 is 23.1 Å². The smallest absolute Gasteiger partial charge is 0.393 e. The van der Waals surface area contributed by atoms with Crippen LogP contribution in [0.3, 0.4) is 0 Å². The lowest BCUT2D eigenvalue weighted by Gasteiger charge is -2.30. The van der Waals surface area contributed by atoms with E-state index in [9.17, 15) is 18.0 Å². The van der Waals surface area contributed by atoms with Crippen molar-refractivity contribution in [3.05, 3.63) is 0 Å². The van der Waals surface area contributed by atoms with Gasteiger partial charge in [0.1, 0.15) is 5.92 Å². The highest BCUT2D eigenvalue weighted by Crippen LogP contribution is 2.27. The molecule has 100 valence electrons. The van der Waals surface area contributed by atoms with Crippen LogP contribution in [0.4, 0.5) is 13.2 Å². The van der Waals surface area contributed by atoms with Crippen LogP contribution in [0, 0.1) is 5.92 Å². The summed E-state index contributed by atoms with van der Waals surface area (Å²) in [6.07, 6.45) is -4.52. The van der Waals surface area contributed by atoms with Gasteiger partial charge in [0.25, 0.3) is 0 Å². The molecule has 1 amide bonds. The molecule has 0 fully saturated rings. The number of nitrogens with two attached hydrogens (primary N) is 2. The van der Waals surface area contributed by atoms with Crippen LogP contribution in [0.1, 0.15) is 13.8 Å². The molecule has 0 aromatic carbocycles. The fraction of sp³-hybridized carbons (Fsp3) is 0.778. The Morgan fingerprint density at radius 2 is 1.82 bits per heavy atom. The molecule has 1 unspecified atom stereocenters. The first kappa shape index (κ1) is 16.1. The van der Waals surface area contributed by atoms with Crippen molar-refractivity contribution in [1.82, 2.24) is 4.90 Å². The molecule has 0 aromatic heterocycles. The maximum Gasteiger partial charge on any atom is 0.399 e. The molecule has 0 aliphatic carbocycles. The third kappa shape index (κ3) is 5.83. The summed E-state index contributed by atoms with van der Waals surface area (Å²) < 4.78 is 37.9. The van der Waals surface area contributed by atoms with Crippen LogP contribution in [-0.2, 0) is 4.79 Å². The molecule has 8 heteroatoms. The van der Waals surface area contributed by atoms with Crippen LogP contribution in [0.25, 0.3) is 0 Å². The number of hydrogen-bond acceptors (Lipinski definition) is 3. The van der Waals surface area contributed by atoms with E-state index in [4.69, 9.17) is 11.5 Å². The van der Waals surface area contributed by atoms with Crippen LogP contribution in [0.5, 0.6) is 0 Å². The first-order chi connectivity index (χ1) is 7.55. The Balaban J connectivity index is 4.81. The zero-order valence-electron chi connectivity index (χ0n) is 9.62. The number of nitrogens with zero attached hydrogens (tertiary/aromatic N) is 1. The molecular weight excluding hydrogens is 255 g/mol. The number of amides is 1. The minimum atomic E-state index is -4.52. The lowest BCUT2D eigenvalue weighted by atomic mass is 10.1. The fourth-order valence-electron chi connectivity index (χ4n) is 1.25. The minimum Gasteiger partial charge on any atom is -0.393 e. The minimum absolute atomic E-state index is 0.257. The van der Waals surface area contributed by atoms with Crippen molar-refractivity contribution in [3.8, 4) is 0 Å². The van der Waals surface area contributed by atoms with Gasteiger partial charge in [-0.3, -0.25) is 9.69 Å². The summed E-state index contributed by atoms with van der Waals surface area (Å²) in [6, 6.07) is -0.262. The second-order valence-corrected chi connectivity index (χ2v) is 4.46. The number of halogens is 3. The van der Waals surface area contributed by atoms with Crippen molar-refractivity contribution in [1.29, 1.82) is 0 Å². The van der Waals surface area contributed by atoms with E-state index in [0.717, 1.165) is 0 Å². The summed E-state index contributed by atoms with van der Waals surface area (Å²) in [7, 11) is 0. The van der Waals surface area contributed by atoms with Gasteiger partial charge >= 0.3 is 6.18 Å². The highest BCUT2D eigenvalue weighted by atomic mass is 32.1. The average Bonchev–Trinajstić information content (AvgIpc) is 2.07. The summed E-state index contributed by atoms with van der Waals surface area (Å²) in [6.45, 7) is 2.61. The Kier molecular flexibility index (Phi) is 5.83. The van der Waals surface area contributed by atoms with Crippen LogP contribution in [0.2, 0.25) is 0 Å². The monoisotopic (exact) mass is 271 g/mol. The van der Waals surface area contributed by atoms with Crippen molar-refractivity contribution in [2.24, 2.45) is 17.4 Å².